The van der Waals surface area contributed by atoms with E-state index >= 15 is 0 Å². The summed E-state index contributed by atoms with van der Waals surface area (Å²) in [5.74, 6) is 0.207. The van der Waals surface area contributed by atoms with Gasteiger partial charge in [0.1, 0.15) is 11.5 Å². The third-order valence-corrected chi connectivity index (χ3v) is 3.63. The van der Waals surface area contributed by atoms with E-state index in [4.69, 9.17) is 0 Å². The normalized spacial score (nSPS) is 11.7. The molecular weight excluding hydrogens is 318 g/mol. The minimum absolute atomic E-state index is 0.213. The number of benzene rings is 1. The van der Waals surface area contributed by atoms with Crippen LogP contribution >= 0.6 is 0 Å². The zero-order valence-corrected chi connectivity index (χ0v) is 13.6. The Labute approximate surface area is 144 Å². The number of nitrogens with zero attached hydrogens (tertiary/aromatic N) is 3. The second kappa shape index (κ2) is 7.48. The number of amides is 1. The van der Waals surface area contributed by atoms with Crippen molar-refractivity contribution in [3.8, 4) is 0 Å². The van der Waals surface area contributed by atoms with Crippen LogP contribution in [-0.2, 0) is 6.42 Å². The highest BCUT2D eigenvalue weighted by Crippen LogP contribution is 2.17. The highest BCUT2D eigenvalue weighted by atomic mass is 16.2. The van der Waals surface area contributed by atoms with Crippen molar-refractivity contribution in [3.05, 3.63) is 88.1 Å². The van der Waals surface area contributed by atoms with Gasteiger partial charge in [0.05, 0.1) is 17.9 Å². The van der Waals surface area contributed by atoms with E-state index in [0.29, 0.717) is 17.9 Å². The maximum atomic E-state index is 12.5. The van der Waals surface area contributed by atoms with Gasteiger partial charge in [-0.1, -0.05) is 30.3 Å². The lowest BCUT2D eigenvalue weighted by Gasteiger charge is -2.19. The molecule has 3 aromatic rings. The van der Waals surface area contributed by atoms with E-state index in [2.05, 4.69) is 25.3 Å². The minimum atomic E-state index is -0.343. The Balaban J connectivity index is 1.88. The molecule has 0 spiro atoms. The van der Waals surface area contributed by atoms with Crippen LogP contribution in [0, 0.1) is 6.92 Å². The summed E-state index contributed by atoms with van der Waals surface area (Å²) in [5.41, 5.74) is 1.54. The van der Waals surface area contributed by atoms with Crippen LogP contribution in [0.1, 0.15) is 33.6 Å². The number of aromatic nitrogens is 4. The SMILES string of the molecule is Cc1nc(C[C@H](NC(=O)c2cnccn2)c2ccccc2)cc(=O)[nH]1. The molecule has 0 radical (unpaired) electrons. The number of aromatic amines is 1. The van der Waals surface area contributed by atoms with Gasteiger partial charge >= 0.3 is 0 Å². The van der Waals surface area contributed by atoms with Crippen LogP contribution in [0.5, 0.6) is 0 Å². The monoisotopic (exact) mass is 335 g/mol. The number of aryl methyl sites for hydroxylation is 1. The number of rotatable bonds is 5. The standard InChI is InChI=1S/C18H17N5O2/c1-12-21-14(10-17(24)22-12)9-15(13-5-3-2-4-6-13)23-18(25)16-11-19-7-8-20-16/h2-8,10-11,15H,9H2,1H3,(H,23,25)(H,21,22,24)/t15-/m0/s1. The molecule has 0 aliphatic rings. The lowest BCUT2D eigenvalue weighted by atomic mass is 10.0. The topological polar surface area (TPSA) is 101 Å². The molecule has 0 aliphatic carbocycles. The minimum Gasteiger partial charge on any atom is -0.343 e. The van der Waals surface area contributed by atoms with Gasteiger partial charge < -0.3 is 10.3 Å². The van der Waals surface area contributed by atoms with Gasteiger partial charge in [-0.3, -0.25) is 14.6 Å². The molecule has 2 heterocycles. The van der Waals surface area contributed by atoms with Crippen molar-refractivity contribution in [3.63, 3.8) is 0 Å². The summed E-state index contributed by atoms with van der Waals surface area (Å²) in [7, 11) is 0. The fourth-order valence-electron chi connectivity index (χ4n) is 2.54. The summed E-state index contributed by atoms with van der Waals surface area (Å²) < 4.78 is 0. The number of hydrogen-bond donors (Lipinski definition) is 2. The second-order valence-corrected chi connectivity index (χ2v) is 5.55. The van der Waals surface area contributed by atoms with Gasteiger partial charge in [0, 0.05) is 24.9 Å². The predicted molar refractivity (Wildman–Crippen MR) is 92.0 cm³/mol. The predicted octanol–water partition coefficient (Wildman–Crippen LogP) is 1.58. The molecule has 0 fully saturated rings. The van der Waals surface area contributed by atoms with E-state index in [0.717, 1.165) is 5.56 Å². The third kappa shape index (κ3) is 4.35. The van der Waals surface area contributed by atoms with Gasteiger partial charge in [0.25, 0.3) is 11.5 Å². The zero-order valence-electron chi connectivity index (χ0n) is 13.6. The van der Waals surface area contributed by atoms with Gasteiger partial charge in [-0.2, -0.15) is 0 Å². The summed E-state index contributed by atoms with van der Waals surface area (Å²) in [6, 6.07) is 10.6. The summed E-state index contributed by atoms with van der Waals surface area (Å²) in [6.45, 7) is 1.72. The van der Waals surface area contributed by atoms with Gasteiger partial charge in [0.2, 0.25) is 0 Å². The van der Waals surface area contributed by atoms with Gasteiger partial charge in [0.15, 0.2) is 0 Å². The summed E-state index contributed by atoms with van der Waals surface area (Å²) in [5, 5.41) is 2.94. The number of nitrogens with one attached hydrogen (secondary N) is 2. The number of hydrogen-bond acceptors (Lipinski definition) is 5. The Kier molecular flexibility index (Phi) is 4.94. The first-order chi connectivity index (χ1) is 12.1. The molecule has 1 aromatic carbocycles. The van der Waals surface area contributed by atoms with Crippen LogP contribution < -0.4 is 10.9 Å². The van der Waals surface area contributed by atoms with Crippen LogP contribution in [0.15, 0.2) is 59.8 Å². The second-order valence-electron chi connectivity index (χ2n) is 5.55. The molecule has 0 saturated carbocycles. The molecule has 7 heteroatoms. The van der Waals surface area contributed by atoms with Crippen molar-refractivity contribution in [2.75, 3.05) is 0 Å². The molecule has 7 nitrogen and oxygen atoms in total. The zero-order chi connectivity index (χ0) is 17.6. The van der Waals surface area contributed by atoms with E-state index in [1.54, 1.807) is 6.92 Å². The van der Waals surface area contributed by atoms with E-state index in [9.17, 15) is 9.59 Å². The quantitative estimate of drug-likeness (QED) is 0.737. The van der Waals surface area contributed by atoms with Crippen LogP contribution in [0.2, 0.25) is 0 Å². The fourth-order valence-corrected chi connectivity index (χ4v) is 2.54. The molecule has 25 heavy (non-hydrogen) atoms. The van der Waals surface area contributed by atoms with Crippen LogP contribution in [-0.4, -0.2) is 25.8 Å². The smallest absolute Gasteiger partial charge is 0.271 e. The Bertz CT molecular complexity index is 910. The van der Waals surface area contributed by atoms with Crippen molar-refractivity contribution in [2.24, 2.45) is 0 Å². The van der Waals surface area contributed by atoms with Gasteiger partial charge in [-0.05, 0) is 12.5 Å². The first-order valence-electron chi connectivity index (χ1n) is 7.80. The van der Waals surface area contributed by atoms with E-state index in [1.807, 2.05) is 30.3 Å². The number of H-pyrrole nitrogens is 1. The van der Waals surface area contributed by atoms with Gasteiger partial charge in [-0.25, -0.2) is 9.97 Å². The Morgan fingerprint density at radius 2 is 2.04 bits per heavy atom. The molecule has 0 aliphatic heterocycles. The molecule has 0 unspecified atom stereocenters. The van der Waals surface area contributed by atoms with Crippen molar-refractivity contribution in [1.82, 2.24) is 25.3 Å². The molecule has 2 aromatic heterocycles. The lowest BCUT2D eigenvalue weighted by Crippen LogP contribution is -2.31. The first kappa shape index (κ1) is 16.5. The molecule has 1 amide bonds. The molecular formula is C18H17N5O2. The molecule has 126 valence electrons. The fraction of sp³-hybridized carbons (Fsp3) is 0.167. The number of carbonyl (C=O) groups excluding carboxylic acids is 1. The molecule has 3 rings (SSSR count). The Morgan fingerprint density at radius 1 is 1.24 bits per heavy atom. The van der Waals surface area contributed by atoms with Crippen LogP contribution in [0.25, 0.3) is 0 Å². The van der Waals surface area contributed by atoms with Crippen molar-refractivity contribution >= 4 is 5.91 Å². The van der Waals surface area contributed by atoms with Crippen molar-refractivity contribution in [2.45, 2.75) is 19.4 Å². The van der Waals surface area contributed by atoms with Gasteiger partial charge in [-0.15, -0.1) is 0 Å². The maximum absolute atomic E-state index is 12.5. The first-order valence-corrected chi connectivity index (χ1v) is 7.80. The highest BCUT2D eigenvalue weighted by Gasteiger charge is 2.18. The largest absolute Gasteiger partial charge is 0.343 e. The molecule has 0 saturated heterocycles. The Morgan fingerprint density at radius 3 is 2.72 bits per heavy atom. The lowest BCUT2D eigenvalue weighted by molar-refractivity contribution is 0.0931. The average molecular weight is 335 g/mol. The molecule has 1 atom stereocenters. The molecule has 2 N–H and O–H groups in total. The van der Waals surface area contributed by atoms with Crippen molar-refractivity contribution in [1.29, 1.82) is 0 Å². The number of carbonyl (C=O) groups is 1. The summed E-state index contributed by atoms with van der Waals surface area (Å²) in [4.78, 5) is 39.0. The summed E-state index contributed by atoms with van der Waals surface area (Å²) >= 11 is 0. The third-order valence-electron chi connectivity index (χ3n) is 3.63. The van der Waals surface area contributed by atoms with E-state index in [1.165, 1.54) is 24.7 Å². The van der Waals surface area contributed by atoms with Crippen LogP contribution in [0.3, 0.4) is 0 Å². The van der Waals surface area contributed by atoms with E-state index < -0.39 is 0 Å². The molecule has 0 bridgehead atoms. The van der Waals surface area contributed by atoms with Crippen molar-refractivity contribution < 1.29 is 4.79 Å². The summed E-state index contributed by atoms with van der Waals surface area (Å²) in [6.07, 6.45) is 4.77. The highest BCUT2D eigenvalue weighted by molar-refractivity contribution is 5.92. The Hall–Kier alpha value is -3.35. The average Bonchev–Trinajstić information content (AvgIpc) is 2.62. The van der Waals surface area contributed by atoms with Crippen LogP contribution in [0.4, 0.5) is 0 Å². The maximum Gasteiger partial charge on any atom is 0.271 e. The van der Waals surface area contributed by atoms with E-state index in [-0.39, 0.29) is 23.2 Å².